The third kappa shape index (κ3) is 2.52. The number of aromatic nitrogens is 2. The summed E-state index contributed by atoms with van der Waals surface area (Å²) < 4.78 is 0. The summed E-state index contributed by atoms with van der Waals surface area (Å²) in [4.78, 5) is 21.9. The van der Waals surface area contributed by atoms with Crippen LogP contribution in [0.4, 0.5) is 0 Å². The largest absolute Gasteiger partial charge is 0.346 e. The summed E-state index contributed by atoms with van der Waals surface area (Å²) in [6.45, 7) is 1.39. The van der Waals surface area contributed by atoms with Crippen LogP contribution in [0.15, 0.2) is 60.9 Å². The Bertz CT molecular complexity index is 880. The van der Waals surface area contributed by atoms with E-state index in [0.717, 1.165) is 29.6 Å². The number of pyridine rings is 1. The molecule has 0 saturated carbocycles. The lowest BCUT2D eigenvalue weighted by Gasteiger charge is -2.26. The Kier molecular flexibility index (Phi) is 3.42. The lowest BCUT2D eigenvalue weighted by Crippen LogP contribution is -2.34. The number of carbonyl (C=O) groups is 1. The van der Waals surface area contributed by atoms with Gasteiger partial charge in [-0.2, -0.15) is 0 Å². The highest BCUT2D eigenvalue weighted by molar-refractivity contribution is 5.95. The SMILES string of the molecule is O=C(c1ccccc1)N1CC=C(c2c[nH]c3ncccc23)CC1. The minimum atomic E-state index is 0.0986. The van der Waals surface area contributed by atoms with Gasteiger partial charge in [0.15, 0.2) is 0 Å². The molecule has 0 unspecified atom stereocenters. The van der Waals surface area contributed by atoms with Crippen LogP contribution in [0.2, 0.25) is 0 Å². The molecule has 4 rings (SSSR count). The molecule has 0 saturated heterocycles. The van der Waals surface area contributed by atoms with Crippen molar-refractivity contribution in [1.82, 2.24) is 14.9 Å². The van der Waals surface area contributed by atoms with Crippen molar-refractivity contribution in [2.75, 3.05) is 13.1 Å². The van der Waals surface area contributed by atoms with E-state index in [-0.39, 0.29) is 5.91 Å². The van der Waals surface area contributed by atoms with Gasteiger partial charge in [0.05, 0.1) is 0 Å². The van der Waals surface area contributed by atoms with E-state index in [1.807, 2.05) is 47.5 Å². The third-order valence-electron chi connectivity index (χ3n) is 4.31. The quantitative estimate of drug-likeness (QED) is 0.788. The number of rotatable bonds is 2. The number of nitrogens with one attached hydrogen (secondary N) is 1. The fourth-order valence-corrected chi connectivity index (χ4v) is 3.08. The zero-order valence-corrected chi connectivity index (χ0v) is 12.7. The lowest BCUT2D eigenvalue weighted by atomic mass is 9.99. The van der Waals surface area contributed by atoms with Gasteiger partial charge in [0.2, 0.25) is 0 Å². The van der Waals surface area contributed by atoms with Crippen molar-refractivity contribution in [3.05, 3.63) is 72.1 Å². The van der Waals surface area contributed by atoms with Crippen LogP contribution in [-0.4, -0.2) is 33.9 Å². The van der Waals surface area contributed by atoms with Crippen molar-refractivity contribution in [2.24, 2.45) is 0 Å². The minimum absolute atomic E-state index is 0.0986. The number of H-pyrrole nitrogens is 1. The lowest BCUT2D eigenvalue weighted by molar-refractivity contribution is 0.0773. The van der Waals surface area contributed by atoms with Gasteiger partial charge in [0.1, 0.15) is 5.65 Å². The number of hydrogen-bond donors (Lipinski definition) is 1. The molecule has 0 spiro atoms. The normalized spacial score (nSPS) is 14.8. The molecule has 0 atom stereocenters. The van der Waals surface area contributed by atoms with Crippen molar-refractivity contribution < 1.29 is 4.79 Å². The molecule has 3 heterocycles. The minimum Gasteiger partial charge on any atom is -0.346 e. The molecule has 0 bridgehead atoms. The van der Waals surface area contributed by atoms with E-state index in [9.17, 15) is 4.79 Å². The van der Waals surface area contributed by atoms with Crippen LogP contribution in [-0.2, 0) is 0 Å². The maximum atomic E-state index is 12.5. The van der Waals surface area contributed by atoms with Crippen LogP contribution < -0.4 is 0 Å². The third-order valence-corrected chi connectivity index (χ3v) is 4.31. The Morgan fingerprint density at radius 1 is 1.13 bits per heavy atom. The zero-order valence-electron chi connectivity index (χ0n) is 12.7. The van der Waals surface area contributed by atoms with Crippen molar-refractivity contribution in [3.63, 3.8) is 0 Å². The molecule has 0 aliphatic carbocycles. The number of benzene rings is 1. The monoisotopic (exact) mass is 303 g/mol. The van der Waals surface area contributed by atoms with Gasteiger partial charge in [0, 0.05) is 42.0 Å². The van der Waals surface area contributed by atoms with E-state index < -0.39 is 0 Å². The predicted octanol–water partition coefficient (Wildman–Crippen LogP) is 3.49. The fraction of sp³-hybridized carbons (Fsp3) is 0.158. The Balaban J connectivity index is 1.56. The maximum absolute atomic E-state index is 12.5. The van der Waals surface area contributed by atoms with Crippen LogP contribution in [0.5, 0.6) is 0 Å². The summed E-state index contributed by atoms with van der Waals surface area (Å²) in [7, 11) is 0. The topological polar surface area (TPSA) is 49.0 Å². The van der Waals surface area contributed by atoms with Crippen molar-refractivity contribution in [3.8, 4) is 0 Å². The second kappa shape index (κ2) is 5.72. The van der Waals surface area contributed by atoms with Crippen molar-refractivity contribution in [2.45, 2.75) is 6.42 Å². The van der Waals surface area contributed by atoms with Gasteiger partial charge in [-0.15, -0.1) is 0 Å². The van der Waals surface area contributed by atoms with E-state index in [4.69, 9.17) is 0 Å². The van der Waals surface area contributed by atoms with Gasteiger partial charge in [-0.1, -0.05) is 24.3 Å². The maximum Gasteiger partial charge on any atom is 0.254 e. The predicted molar refractivity (Wildman–Crippen MR) is 91.0 cm³/mol. The van der Waals surface area contributed by atoms with E-state index in [1.165, 1.54) is 11.1 Å². The molecule has 4 nitrogen and oxygen atoms in total. The van der Waals surface area contributed by atoms with Crippen LogP contribution in [0.25, 0.3) is 16.6 Å². The molecule has 3 aromatic rings. The number of nitrogens with zero attached hydrogens (tertiary/aromatic N) is 2. The summed E-state index contributed by atoms with van der Waals surface area (Å²) in [6.07, 6.45) is 6.82. The fourth-order valence-electron chi connectivity index (χ4n) is 3.08. The molecule has 1 N–H and O–H groups in total. The van der Waals surface area contributed by atoms with Gasteiger partial charge in [0.25, 0.3) is 5.91 Å². The molecule has 23 heavy (non-hydrogen) atoms. The standard InChI is InChI=1S/C19H17N3O/c23-19(15-5-2-1-3-6-15)22-11-8-14(9-12-22)17-13-21-18-16(17)7-4-10-20-18/h1-8,10,13H,9,11-12H2,(H,20,21). The van der Waals surface area contributed by atoms with Gasteiger partial charge in [-0.25, -0.2) is 4.98 Å². The van der Waals surface area contributed by atoms with Crippen molar-refractivity contribution in [1.29, 1.82) is 0 Å². The summed E-state index contributed by atoms with van der Waals surface area (Å²) in [5.74, 6) is 0.0986. The number of hydrogen-bond acceptors (Lipinski definition) is 2. The number of fused-ring (bicyclic) bond motifs is 1. The first-order chi connectivity index (χ1) is 11.3. The van der Waals surface area contributed by atoms with Gasteiger partial charge >= 0.3 is 0 Å². The number of carbonyl (C=O) groups excluding carboxylic acids is 1. The number of aromatic amines is 1. The Hall–Kier alpha value is -2.88. The van der Waals surface area contributed by atoms with E-state index in [1.54, 1.807) is 6.20 Å². The first kappa shape index (κ1) is 13.8. The molecule has 1 aromatic carbocycles. The summed E-state index contributed by atoms with van der Waals surface area (Å²) in [5, 5.41) is 1.14. The van der Waals surface area contributed by atoms with Gasteiger partial charge in [-0.3, -0.25) is 4.79 Å². The molecule has 0 fully saturated rings. The molecule has 1 aliphatic heterocycles. The highest BCUT2D eigenvalue weighted by atomic mass is 16.2. The molecular formula is C19H17N3O. The molecule has 1 aliphatic rings. The van der Waals surface area contributed by atoms with Crippen LogP contribution >= 0.6 is 0 Å². The average molecular weight is 303 g/mol. The second-order valence-electron chi connectivity index (χ2n) is 5.70. The Labute approximate surface area is 134 Å². The van der Waals surface area contributed by atoms with E-state index in [0.29, 0.717) is 6.54 Å². The summed E-state index contributed by atoms with van der Waals surface area (Å²) in [6, 6.07) is 13.5. The number of amides is 1. The van der Waals surface area contributed by atoms with Crippen LogP contribution in [0, 0.1) is 0 Å². The highest BCUT2D eigenvalue weighted by Gasteiger charge is 2.20. The van der Waals surface area contributed by atoms with E-state index in [2.05, 4.69) is 22.1 Å². The van der Waals surface area contributed by atoms with Gasteiger partial charge < -0.3 is 9.88 Å². The first-order valence-corrected chi connectivity index (χ1v) is 7.79. The summed E-state index contributed by atoms with van der Waals surface area (Å²) >= 11 is 0. The Morgan fingerprint density at radius 2 is 2.00 bits per heavy atom. The average Bonchev–Trinajstić information content (AvgIpc) is 3.06. The zero-order chi connectivity index (χ0) is 15.6. The van der Waals surface area contributed by atoms with Crippen LogP contribution in [0.3, 0.4) is 0 Å². The van der Waals surface area contributed by atoms with E-state index >= 15 is 0 Å². The Morgan fingerprint density at radius 3 is 2.78 bits per heavy atom. The van der Waals surface area contributed by atoms with Gasteiger partial charge in [-0.05, 0) is 36.3 Å². The first-order valence-electron chi connectivity index (χ1n) is 7.79. The summed E-state index contributed by atoms with van der Waals surface area (Å²) in [5.41, 5.74) is 4.13. The molecule has 2 aromatic heterocycles. The van der Waals surface area contributed by atoms with Crippen LogP contribution in [0.1, 0.15) is 22.3 Å². The molecular weight excluding hydrogens is 286 g/mol. The molecule has 0 radical (unpaired) electrons. The highest BCUT2D eigenvalue weighted by Crippen LogP contribution is 2.28. The smallest absolute Gasteiger partial charge is 0.254 e. The van der Waals surface area contributed by atoms with Crippen molar-refractivity contribution >= 4 is 22.5 Å². The molecule has 1 amide bonds. The molecule has 4 heteroatoms. The second-order valence-corrected chi connectivity index (χ2v) is 5.70. The molecule has 114 valence electrons.